The number of sulfone groups is 1. The second-order valence-corrected chi connectivity index (χ2v) is 8.41. The highest BCUT2D eigenvalue weighted by Crippen LogP contribution is 2.39. The second-order valence-electron chi connectivity index (χ2n) is 6.39. The summed E-state index contributed by atoms with van der Waals surface area (Å²) in [4.78, 5) is 0.230. The Labute approximate surface area is 150 Å². The predicted molar refractivity (Wildman–Crippen MR) is 96.1 cm³/mol. The summed E-state index contributed by atoms with van der Waals surface area (Å²) >= 11 is 0. The molecule has 0 saturated carbocycles. The van der Waals surface area contributed by atoms with Gasteiger partial charge in [-0.25, -0.2) is 8.42 Å². The van der Waals surface area contributed by atoms with Crippen LogP contribution in [0.3, 0.4) is 0 Å². The molecule has 136 valence electrons. The Balaban J connectivity index is 1.96. The van der Waals surface area contributed by atoms with Crippen LogP contribution in [0.2, 0.25) is 0 Å². The molecule has 2 nitrogen and oxygen atoms in total. The first kappa shape index (κ1) is 18.5. The van der Waals surface area contributed by atoms with Crippen molar-refractivity contribution in [3.63, 3.8) is 0 Å². The minimum absolute atomic E-state index is 0.136. The first-order valence-electron chi connectivity index (χ1n) is 7.98. The highest BCUT2D eigenvalue weighted by molar-refractivity contribution is 7.90. The van der Waals surface area contributed by atoms with Crippen molar-refractivity contribution in [1.29, 1.82) is 0 Å². The molecule has 2 aromatic carbocycles. The highest BCUT2D eigenvalue weighted by Gasteiger charge is 2.30. The Kier molecular flexibility index (Phi) is 4.56. The summed E-state index contributed by atoms with van der Waals surface area (Å²) in [6.45, 7) is 1.99. The van der Waals surface area contributed by atoms with Crippen LogP contribution >= 0.6 is 0 Å². The Hall–Kier alpha value is -2.34. The summed E-state index contributed by atoms with van der Waals surface area (Å²) in [5.74, 6) is 0.136. The molecule has 3 rings (SSSR count). The molecule has 0 fully saturated rings. The van der Waals surface area contributed by atoms with Gasteiger partial charge in [0.25, 0.3) is 0 Å². The van der Waals surface area contributed by atoms with Crippen LogP contribution in [-0.4, -0.2) is 14.7 Å². The predicted octanol–water partition coefficient (Wildman–Crippen LogP) is 5.23. The van der Waals surface area contributed by atoms with Crippen molar-refractivity contribution in [2.24, 2.45) is 5.92 Å². The van der Waals surface area contributed by atoms with Gasteiger partial charge in [0.1, 0.15) is 0 Å². The lowest BCUT2D eigenvalue weighted by Gasteiger charge is -2.12. The van der Waals surface area contributed by atoms with Crippen molar-refractivity contribution in [2.45, 2.75) is 18.0 Å². The molecule has 1 aliphatic rings. The van der Waals surface area contributed by atoms with E-state index in [0.717, 1.165) is 35.1 Å². The van der Waals surface area contributed by atoms with E-state index in [1.54, 1.807) is 24.3 Å². The van der Waals surface area contributed by atoms with Crippen molar-refractivity contribution >= 4 is 21.0 Å². The van der Waals surface area contributed by atoms with Crippen LogP contribution in [0.4, 0.5) is 13.2 Å². The van der Waals surface area contributed by atoms with E-state index in [1.165, 1.54) is 12.1 Å². The van der Waals surface area contributed by atoms with Gasteiger partial charge in [0.2, 0.25) is 0 Å². The molecule has 0 amide bonds. The van der Waals surface area contributed by atoms with Crippen LogP contribution in [0.1, 0.15) is 23.6 Å². The zero-order chi connectivity index (χ0) is 19.1. The topological polar surface area (TPSA) is 34.1 Å². The monoisotopic (exact) mass is 378 g/mol. The molecule has 0 bridgehead atoms. The van der Waals surface area contributed by atoms with Crippen molar-refractivity contribution in [3.05, 3.63) is 77.4 Å². The van der Waals surface area contributed by atoms with Gasteiger partial charge in [-0.15, -0.1) is 0 Å². The fourth-order valence-corrected chi connectivity index (χ4v) is 3.61. The molecule has 0 spiro atoms. The van der Waals surface area contributed by atoms with Crippen molar-refractivity contribution in [3.8, 4) is 0 Å². The third-order valence-corrected chi connectivity index (χ3v) is 5.39. The zero-order valence-corrected chi connectivity index (χ0v) is 15.0. The van der Waals surface area contributed by atoms with Crippen LogP contribution < -0.4 is 0 Å². The van der Waals surface area contributed by atoms with Crippen molar-refractivity contribution < 1.29 is 21.6 Å². The van der Waals surface area contributed by atoms with E-state index in [2.05, 4.69) is 0 Å². The van der Waals surface area contributed by atoms with Crippen LogP contribution in [0, 0.1) is 5.92 Å². The van der Waals surface area contributed by atoms with E-state index in [9.17, 15) is 21.6 Å². The molecular weight excluding hydrogens is 361 g/mol. The Morgan fingerprint density at radius 3 is 1.62 bits per heavy atom. The van der Waals surface area contributed by atoms with E-state index >= 15 is 0 Å². The number of allylic oxidation sites excluding steroid dienone is 4. The van der Waals surface area contributed by atoms with Gasteiger partial charge in [-0.2, -0.15) is 13.2 Å². The van der Waals surface area contributed by atoms with Crippen LogP contribution in [0.5, 0.6) is 0 Å². The van der Waals surface area contributed by atoms with Gasteiger partial charge in [0.15, 0.2) is 9.84 Å². The normalized spacial score (nSPS) is 17.8. The molecule has 0 aromatic heterocycles. The molecule has 26 heavy (non-hydrogen) atoms. The third kappa shape index (κ3) is 3.75. The molecular formula is C20H17F3O2S. The first-order chi connectivity index (χ1) is 12.1. The molecule has 6 heteroatoms. The van der Waals surface area contributed by atoms with Gasteiger partial charge in [0, 0.05) is 6.26 Å². The molecule has 0 saturated heterocycles. The number of halogens is 3. The average Bonchev–Trinajstić information content (AvgIpc) is 2.95. The molecule has 1 atom stereocenters. The van der Waals surface area contributed by atoms with Gasteiger partial charge >= 0.3 is 6.18 Å². The Bertz CT molecular complexity index is 981. The van der Waals surface area contributed by atoms with Crippen LogP contribution in [0.15, 0.2) is 65.6 Å². The maximum atomic E-state index is 12.8. The average molecular weight is 378 g/mol. The first-order valence-corrected chi connectivity index (χ1v) is 9.87. The van der Waals surface area contributed by atoms with Crippen molar-refractivity contribution in [1.82, 2.24) is 0 Å². The minimum atomic E-state index is -4.37. The van der Waals surface area contributed by atoms with Gasteiger partial charge in [0.05, 0.1) is 10.5 Å². The van der Waals surface area contributed by atoms with Gasteiger partial charge in [-0.1, -0.05) is 43.3 Å². The maximum absolute atomic E-state index is 12.8. The maximum Gasteiger partial charge on any atom is 0.416 e. The molecule has 0 heterocycles. The lowest BCUT2D eigenvalue weighted by Crippen LogP contribution is -2.04. The van der Waals surface area contributed by atoms with E-state index in [0.29, 0.717) is 5.56 Å². The number of benzene rings is 2. The lowest BCUT2D eigenvalue weighted by atomic mass is 9.94. The largest absolute Gasteiger partial charge is 0.416 e. The zero-order valence-electron chi connectivity index (χ0n) is 14.2. The third-order valence-electron chi connectivity index (χ3n) is 4.27. The van der Waals surface area contributed by atoms with Gasteiger partial charge in [-0.05, 0) is 52.5 Å². The summed E-state index contributed by atoms with van der Waals surface area (Å²) in [5.41, 5.74) is 2.57. The molecule has 0 radical (unpaired) electrons. The fraction of sp³-hybridized carbons (Fsp3) is 0.200. The van der Waals surface area contributed by atoms with E-state index in [4.69, 9.17) is 0 Å². The van der Waals surface area contributed by atoms with E-state index in [1.807, 2.05) is 19.1 Å². The summed E-state index contributed by atoms with van der Waals surface area (Å²) in [7, 11) is -3.28. The molecule has 0 N–H and O–H groups in total. The standard InChI is InChI=1S/C20H17F3O2S/c1-13-11-18(14-3-7-16(8-4-14)20(21,22)23)19(12-13)15-5-9-17(10-6-15)26(2,24)25/h3-13H,1-2H3. The number of hydrogen-bond donors (Lipinski definition) is 0. The highest BCUT2D eigenvalue weighted by atomic mass is 32.2. The number of hydrogen-bond acceptors (Lipinski definition) is 2. The van der Waals surface area contributed by atoms with E-state index in [-0.39, 0.29) is 10.8 Å². The van der Waals surface area contributed by atoms with Crippen LogP contribution in [0.25, 0.3) is 11.1 Å². The minimum Gasteiger partial charge on any atom is -0.224 e. The van der Waals surface area contributed by atoms with Gasteiger partial charge in [-0.3, -0.25) is 0 Å². The molecule has 2 aromatic rings. The Morgan fingerprint density at radius 1 is 0.808 bits per heavy atom. The summed E-state index contributed by atoms with van der Waals surface area (Å²) in [5, 5.41) is 0. The molecule has 1 unspecified atom stereocenters. The van der Waals surface area contributed by atoms with Crippen molar-refractivity contribution in [2.75, 3.05) is 6.26 Å². The quantitative estimate of drug-likeness (QED) is 0.733. The SMILES string of the molecule is CC1C=C(c2ccc(C(F)(F)F)cc2)C(c2ccc(S(C)(=O)=O)cc2)=C1. The fourth-order valence-electron chi connectivity index (χ4n) is 2.98. The smallest absolute Gasteiger partial charge is 0.224 e. The number of rotatable bonds is 3. The molecule has 0 aliphatic heterocycles. The van der Waals surface area contributed by atoms with Gasteiger partial charge < -0.3 is 0 Å². The number of alkyl halides is 3. The van der Waals surface area contributed by atoms with Crippen LogP contribution in [-0.2, 0) is 16.0 Å². The second kappa shape index (κ2) is 6.43. The summed E-state index contributed by atoms with van der Waals surface area (Å²) in [6, 6.07) is 11.6. The summed E-state index contributed by atoms with van der Waals surface area (Å²) < 4.78 is 61.5. The lowest BCUT2D eigenvalue weighted by molar-refractivity contribution is -0.137. The summed E-state index contributed by atoms with van der Waals surface area (Å²) in [6.07, 6.45) is 0.785. The Morgan fingerprint density at radius 2 is 1.23 bits per heavy atom. The molecule has 1 aliphatic carbocycles. The van der Waals surface area contributed by atoms with E-state index < -0.39 is 21.6 Å².